The van der Waals surface area contributed by atoms with Crippen molar-refractivity contribution >= 4 is 49.3 Å². The Hall–Kier alpha value is -3.07. The van der Waals surface area contributed by atoms with Gasteiger partial charge in [-0.2, -0.15) is 13.2 Å². The normalized spacial score (nSPS) is 19.4. The van der Waals surface area contributed by atoms with Crippen LogP contribution in [0.1, 0.15) is 42.5 Å². The minimum atomic E-state index is -4.54. The van der Waals surface area contributed by atoms with E-state index in [-0.39, 0.29) is 18.0 Å². The first-order valence-electron chi connectivity index (χ1n) is 11.4. The van der Waals surface area contributed by atoms with Gasteiger partial charge in [0.1, 0.15) is 5.69 Å². The number of hydrogen-bond acceptors (Lipinski definition) is 4. The zero-order valence-electron chi connectivity index (χ0n) is 18.9. The molecule has 1 aliphatic carbocycles. The lowest BCUT2D eigenvalue weighted by molar-refractivity contribution is -0.213. The smallest absolute Gasteiger partial charge is 0.433 e. The second-order valence-corrected chi connectivity index (χ2v) is 9.98. The lowest BCUT2D eigenvalue weighted by Gasteiger charge is -2.30. The third-order valence-electron chi connectivity index (χ3n) is 6.42. The maximum atomic E-state index is 13.5. The Morgan fingerprint density at radius 2 is 2.00 bits per heavy atom. The zero-order valence-corrected chi connectivity index (χ0v) is 20.5. The maximum absolute atomic E-state index is 13.5. The number of benzene rings is 2. The van der Waals surface area contributed by atoms with Gasteiger partial charge in [0.05, 0.1) is 17.1 Å². The summed E-state index contributed by atoms with van der Waals surface area (Å²) < 4.78 is 41.3. The zero-order chi connectivity index (χ0) is 24.7. The summed E-state index contributed by atoms with van der Waals surface area (Å²) in [6.07, 6.45) is 0.170. The van der Waals surface area contributed by atoms with Gasteiger partial charge in [-0.15, -0.1) is 0 Å². The maximum Gasteiger partial charge on any atom is 0.433 e. The molecular weight excluding hydrogens is 521 g/mol. The quantitative estimate of drug-likeness (QED) is 0.233. The average molecular weight is 544 g/mol. The largest absolute Gasteiger partial charge is 0.858 e. The third-order valence-corrected chi connectivity index (χ3v) is 6.87. The van der Waals surface area contributed by atoms with E-state index in [0.29, 0.717) is 28.6 Å². The molecule has 2 heterocycles. The summed E-state index contributed by atoms with van der Waals surface area (Å²) in [5.41, 5.74) is 1.96. The number of halogens is 4. The predicted molar refractivity (Wildman–Crippen MR) is 134 cm³/mol. The standard InChI is InChI=1S/C26H24BrF3N4O/c1-14-5-6-21-19(9-14)22(13-23(34-21)26(28,29)30)32-17-3-2-4-18(12-17)33-25(35)20-11-16(27)10-15-7-8-31-24(15)20/h5-11,13,17-18,31H,2-4,12H2,1H3,(H,32,34)(H,33,35)/p-1/t17-,18?/m0/s1. The van der Waals surface area contributed by atoms with Crippen molar-refractivity contribution in [3.05, 3.63) is 70.0 Å². The fourth-order valence-corrected chi connectivity index (χ4v) is 5.25. The van der Waals surface area contributed by atoms with E-state index in [0.717, 1.165) is 46.3 Å². The average Bonchev–Trinajstić information content (AvgIpc) is 3.26. The highest BCUT2D eigenvalue weighted by Crippen LogP contribution is 2.35. The van der Waals surface area contributed by atoms with Crippen molar-refractivity contribution in [1.82, 2.24) is 9.97 Å². The van der Waals surface area contributed by atoms with E-state index in [1.807, 2.05) is 25.1 Å². The number of H-pyrrole nitrogens is 1. The summed E-state index contributed by atoms with van der Waals surface area (Å²) in [5.74, 6) is -0.297. The molecule has 2 atom stereocenters. The molecule has 1 saturated carbocycles. The van der Waals surface area contributed by atoms with Crippen molar-refractivity contribution in [1.29, 1.82) is 0 Å². The molecule has 35 heavy (non-hydrogen) atoms. The summed E-state index contributed by atoms with van der Waals surface area (Å²) in [4.78, 5) is 11.4. The molecule has 5 rings (SSSR count). The molecule has 0 bridgehead atoms. The molecule has 5 nitrogen and oxygen atoms in total. The van der Waals surface area contributed by atoms with Gasteiger partial charge in [0, 0.05) is 38.7 Å². The van der Waals surface area contributed by atoms with E-state index in [2.05, 4.69) is 36.2 Å². The Morgan fingerprint density at radius 3 is 2.80 bits per heavy atom. The molecule has 0 spiro atoms. The van der Waals surface area contributed by atoms with Crippen LogP contribution in [0.25, 0.3) is 21.8 Å². The molecule has 1 aliphatic rings. The van der Waals surface area contributed by atoms with Gasteiger partial charge < -0.3 is 15.4 Å². The number of rotatable bonds is 4. The van der Waals surface area contributed by atoms with E-state index in [9.17, 15) is 18.3 Å². The first-order valence-corrected chi connectivity index (χ1v) is 12.2. The van der Waals surface area contributed by atoms with Gasteiger partial charge in [0.15, 0.2) is 0 Å². The molecule has 0 radical (unpaired) electrons. The van der Waals surface area contributed by atoms with Crippen LogP contribution in [0.5, 0.6) is 0 Å². The van der Waals surface area contributed by atoms with Crippen molar-refractivity contribution in [2.45, 2.75) is 50.9 Å². The minimum absolute atomic E-state index is 0.106. The van der Waals surface area contributed by atoms with Crippen LogP contribution in [0.15, 0.2) is 58.1 Å². The van der Waals surface area contributed by atoms with Gasteiger partial charge in [-0.1, -0.05) is 27.6 Å². The van der Waals surface area contributed by atoms with E-state index >= 15 is 0 Å². The lowest BCUT2D eigenvalue weighted by atomic mass is 9.91. The van der Waals surface area contributed by atoms with Crippen LogP contribution in [0.2, 0.25) is 0 Å². The van der Waals surface area contributed by atoms with Crippen molar-refractivity contribution in [2.75, 3.05) is 5.32 Å². The summed E-state index contributed by atoms with van der Waals surface area (Å²) in [6, 6.07) is 11.6. The van der Waals surface area contributed by atoms with Crippen LogP contribution >= 0.6 is 15.9 Å². The van der Waals surface area contributed by atoms with E-state index in [1.165, 1.54) is 0 Å². The van der Waals surface area contributed by atoms with E-state index < -0.39 is 11.9 Å². The Morgan fingerprint density at radius 1 is 1.17 bits per heavy atom. The topological polar surface area (TPSA) is 76.1 Å². The van der Waals surface area contributed by atoms with Crippen molar-refractivity contribution < 1.29 is 18.3 Å². The number of aromatic amines is 1. The van der Waals surface area contributed by atoms with Crippen LogP contribution in [0.3, 0.4) is 0 Å². The van der Waals surface area contributed by atoms with Crippen molar-refractivity contribution in [3.8, 4) is 0 Å². The third kappa shape index (κ3) is 5.00. The number of pyridine rings is 1. The number of aliphatic imine (C=N–C) groups is 1. The molecule has 1 fully saturated rings. The predicted octanol–water partition coefficient (Wildman–Crippen LogP) is 6.34. The van der Waals surface area contributed by atoms with Crippen LogP contribution < -0.4 is 10.4 Å². The van der Waals surface area contributed by atoms with Crippen LogP contribution in [-0.4, -0.2) is 27.9 Å². The van der Waals surface area contributed by atoms with Gasteiger partial charge in [-0.25, -0.2) is 4.98 Å². The molecule has 0 aliphatic heterocycles. The van der Waals surface area contributed by atoms with Gasteiger partial charge in [-0.05, 0) is 74.9 Å². The number of alkyl halides is 3. The van der Waals surface area contributed by atoms with Gasteiger partial charge in [-0.3, -0.25) is 4.99 Å². The van der Waals surface area contributed by atoms with Gasteiger partial charge >= 0.3 is 6.18 Å². The number of anilines is 1. The number of hydrogen-bond donors (Lipinski definition) is 2. The van der Waals surface area contributed by atoms with Crippen LogP contribution in [0.4, 0.5) is 18.9 Å². The van der Waals surface area contributed by atoms with E-state index in [4.69, 9.17) is 0 Å². The molecule has 2 aromatic carbocycles. The molecular formula is C26H23BrF3N4O-. The SMILES string of the molecule is Cc1ccc2nc(C(F)(F)F)cc(N[C@H]3CCCC(N=C([O-])c4cc(Br)cc5cc[nH]c45)C3)c2c1. The summed E-state index contributed by atoms with van der Waals surface area (Å²) in [7, 11) is 0. The summed E-state index contributed by atoms with van der Waals surface area (Å²) in [6.45, 7) is 1.89. The number of nitrogens with zero attached hydrogens (tertiary/aromatic N) is 2. The van der Waals surface area contributed by atoms with Crippen LogP contribution in [-0.2, 0) is 6.18 Å². The van der Waals surface area contributed by atoms with Gasteiger partial charge in [0.25, 0.3) is 0 Å². The first kappa shape index (κ1) is 23.7. The van der Waals surface area contributed by atoms with Gasteiger partial charge in [0.2, 0.25) is 0 Å². The number of aryl methyl sites for hydroxylation is 1. The number of aromatic nitrogens is 2. The molecule has 0 amide bonds. The van der Waals surface area contributed by atoms with Crippen molar-refractivity contribution in [2.24, 2.45) is 4.99 Å². The molecule has 1 unspecified atom stereocenters. The summed E-state index contributed by atoms with van der Waals surface area (Å²) in [5, 5.41) is 17.9. The fraction of sp³-hybridized carbons (Fsp3) is 0.308. The Balaban J connectivity index is 1.42. The Kier molecular flexibility index (Phi) is 6.21. The minimum Gasteiger partial charge on any atom is -0.858 e. The van der Waals surface area contributed by atoms with Crippen molar-refractivity contribution in [3.63, 3.8) is 0 Å². The highest BCUT2D eigenvalue weighted by Gasteiger charge is 2.34. The highest BCUT2D eigenvalue weighted by atomic mass is 79.9. The first-order chi connectivity index (χ1) is 16.7. The number of fused-ring (bicyclic) bond motifs is 2. The molecule has 182 valence electrons. The Bertz CT molecular complexity index is 1430. The number of nitrogens with one attached hydrogen (secondary N) is 2. The monoisotopic (exact) mass is 543 g/mol. The van der Waals surface area contributed by atoms with E-state index in [1.54, 1.807) is 24.4 Å². The lowest BCUT2D eigenvalue weighted by Crippen LogP contribution is -2.32. The molecule has 0 saturated heterocycles. The second-order valence-electron chi connectivity index (χ2n) is 9.06. The Labute approximate surface area is 208 Å². The summed E-state index contributed by atoms with van der Waals surface area (Å²) >= 11 is 3.45. The molecule has 2 aromatic heterocycles. The highest BCUT2D eigenvalue weighted by molar-refractivity contribution is 9.10. The molecule has 4 aromatic rings. The van der Waals surface area contributed by atoms with Crippen LogP contribution in [0, 0.1) is 6.92 Å². The second kappa shape index (κ2) is 9.18. The fourth-order valence-electron chi connectivity index (χ4n) is 4.78. The molecule has 9 heteroatoms. The molecule has 2 N–H and O–H groups in total.